The number of pyridine rings is 1. The predicted octanol–water partition coefficient (Wildman–Crippen LogP) is 3.42. The number of hydrogen-bond donors (Lipinski definition) is 0. The van der Waals surface area contributed by atoms with Crippen LogP contribution in [0.5, 0.6) is 0 Å². The van der Waals surface area contributed by atoms with Crippen molar-refractivity contribution in [3.05, 3.63) is 39.7 Å². The molecule has 6 heteroatoms. The minimum Gasteiger partial charge on any atom is -0.231 e. The molecule has 0 aliphatic carbocycles. The highest BCUT2D eigenvalue weighted by molar-refractivity contribution is 9.10. The molecule has 0 unspecified atom stereocenters. The summed E-state index contributed by atoms with van der Waals surface area (Å²) < 4.78 is 2.54. The molecule has 15 heavy (non-hydrogen) atoms. The number of halogens is 3. The molecule has 0 aliphatic heterocycles. The van der Waals surface area contributed by atoms with Crippen LogP contribution in [0.15, 0.2) is 29.0 Å². The summed E-state index contributed by atoms with van der Waals surface area (Å²) in [5.74, 6) is 0.982. The van der Waals surface area contributed by atoms with Gasteiger partial charge in [0.1, 0.15) is 0 Å². The van der Waals surface area contributed by atoms with Crippen molar-refractivity contribution < 1.29 is 0 Å². The Kier molecular flexibility index (Phi) is 3.29. The lowest BCUT2D eigenvalue weighted by Crippen LogP contribution is -2.00. The Morgan fingerprint density at radius 1 is 1.40 bits per heavy atom. The molecule has 0 saturated carbocycles. The molecule has 3 nitrogen and oxygen atoms in total. The summed E-state index contributed by atoms with van der Waals surface area (Å²) in [4.78, 5) is 4.29. The van der Waals surface area contributed by atoms with Crippen molar-refractivity contribution in [1.29, 1.82) is 0 Å². The first-order valence-electron chi connectivity index (χ1n) is 4.12. The van der Waals surface area contributed by atoms with E-state index < -0.39 is 0 Å². The highest BCUT2D eigenvalue weighted by Crippen LogP contribution is 2.18. The van der Waals surface area contributed by atoms with E-state index in [2.05, 4.69) is 26.0 Å². The maximum Gasteiger partial charge on any atom is 0.153 e. The summed E-state index contributed by atoms with van der Waals surface area (Å²) in [5, 5.41) is 4.68. The SMILES string of the molecule is ClCc1nc(-n2cc(Br)cn2)ccc1Cl. The molecule has 78 valence electrons. The van der Waals surface area contributed by atoms with Crippen LogP contribution in [0, 0.1) is 0 Å². The molecule has 0 N–H and O–H groups in total. The van der Waals surface area contributed by atoms with E-state index in [1.807, 2.05) is 6.20 Å². The molecule has 0 amide bonds. The van der Waals surface area contributed by atoms with Gasteiger partial charge in [0.15, 0.2) is 5.82 Å². The lowest BCUT2D eigenvalue weighted by molar-refractivity contribution is 0.839. The standard InChI is InChI=1S/C9H6BrCl2N3/c10-6-4-13-15(5-6)9-2-1-7(12)8(3-11)14-9/h1-2,4-5H,3H2. The number of alkyl halides is 1. The predicted molar refractivity (Wildman–Crippen MR) is 63.6 cm³/mol. The van der Waals surface area contributed by atoms with Gasteiger partial charge < -0.3 is 0 Å². The minimum absolute atomic E-state index is 0.287. The maximum absolute atomic E-state index is 5.90. The first kappa shape index (κ1) is 10.9. The Labute approximate surface area is 105 Å². The fourth-order valence-corrected chi connectivity index (χ4v) is 1.85. The first-order valence-corrected chi connectivity index (χ1v) is 5.83. The molecule has 0 spiro atoms. The van der Waals surface area contributed by atoms with Crippen molar-refractivity contribution in [1.82, 2.24) is 14.8 Å². The van der Waals surface area contributed by atoms with E-state index in [0.717, 1.165) is 4.47 Å². The van der Waals surface area contributed by atoms with E-state index >= 15 is 0 Å². The van der Waals surface area contributed by atoms with Crippen molar-refractivity contribution in [2.24, 2.45) is 0 Å². The molecule has 0 saturated heterocycles. The fraction of sp³-hybridized carbons (Fsp3) is 0.111. The van der Waals surface area contributed by atoms with E-state index in [1.54, 1.807) is 23.0 Å². The molecule has 0 fully saturated rings. The monoisotopic (exact) mass is 305 g/mol. The van der Waals surface area contributed by atoms with Crippen molar-refractivity contribution in [2.75, 3.05) is 0 Å². The first-order chi connectivity index (χ1) is 7.20. The van der Waals surface area contributed by atoms with Crippen LogP contribution in [-0.4, -0.2) is 14.8 Å². The van der Waals surface area contributed by atoms with Crippen LogP contribution in [0.4, 0.5) is 0 Å². The lowest BCUT2D eigenvalue weighted by atomic mass is 10.3. The molecule has 0 radical (unpaired) electrons. The van der Waals surface area contributed by atoms with Gasteiger partial charge in [-0.25, -0.2) is 9.67 Å². The summed E-state index contributed by atoms with van der Waals surface area (Å²) in [5.41, 5.74) is 0.655. The van der Waals surface area contributed by atoms with Gasteiger partial charge in [-0.2, -0.15) is 5.10 Å². The average molecular weight is 307 g/mol. The minimum atomic E-state index is 0.287. The third kappa shape index (κ3) is 2.33. The second-order valence-electron chi connectivity index (χ2n) is 2.83. The van der Waals surface area contributed by atoms with Gasteiger partial charge in [-0.15, -0.1) is 11.6 Å². The highest BCUT2D eigenvalue weighted by atomic mass is 79.9. The summed E-state index contributed by atoms with van der Waals surface area (Å²) >= 11 is 14.9. The second kappa shape index (κ2) is 4.51. The van der Waals surface area contributed by atoms with Gasteiger partial charge in [-0.3, -0.25) is 0 Å². The van der Waals surface area contributed by atoms with E-state index in [0.29, 0.717) is 16.5 Å². The molecule has 2 aromatic rings. The number of nitrogens with zero attached hydrogens (tertiary/aromatic N) is 3. The summed E-state index contributed by atoms with van der Waals surface area (Å²) in [6, 6.07) is 3.55. The van der Waals surface area contributed by atoms with Gasteiger partial charge in [0.2, 0.25) is 0 Å². The van der Waals surface area contributed by atoms with Crippen molar-refractivity contribution >= 4 is 39.1 Å². The quantitative estimate of drug-likeness (QED) is 0.796. The zero-order valence-corrected chi connectivity index (χ0v) is 10.6. The molecule has 0 bridgehead atoms. The van der Waals surface area contributed by atoms with Crippen LogP contribution in [0.1, 0.15) is 5.69 Å². The van der Waals surface area contributed by atoms with Crippen molar-refractivity contribution in [3.63, 3.8) is 0 Å². The number of rotatable bonds is 2. The van der Waals surface area contributed by atoms with Crippen molar-refractivity contribution in [2.45, 2.75) is 5.88 Å². The van der Waals surface area contributed by atoms with Gasteiger partial charge in [0, 0.05) is 6.20 Å². The van der Waals surface area contributed by atoms with E-state index in [9.17, 15) is 0 Å². The Balaban J connectivity index is 2.45. The van der Waals surface area contributed by atoms with Gasteiger partial charge >= 0.3 is 0 Å². The molecule has 0 atom stereocenters. The van der Waals surface area contributed by atoms with Gasteiger partial charge in [0.25, 0.3) is 0 Å². The smallest absolute Gasteiger partial charge is 0.153 e. The van der Waals surface area contributed by atoms with E-state index in [-0.39, 0.29) is 5.88 Å². The number of aromatic nitrogens is 3. The molecule has 0 aliphatic rings. The number of hydrogen-bond acceptors (Lipinski definition) is 2. The largest absolute Gasteiger partial charge is 0.231 e. The summed E-state index contributed by atoms with van der Waals surface area (Å²) in [6.45, 7) is 0. The van der Waals surface area contributed by atoms with Crippen LogP contribution in [0.3, 0.4) is 0 Å². The normalized spacial score (nSPS) is 10.6. The molecule has 2 heterocycles. The van der Waals surface area contributed by atoms with Crippen LogP contribution >= 0.6 is 39.1 Å². The highest BCUT2D eigenvalue weighted by Gasteiger charge is 2.05. The van der Waals surface area contributed by atoms with Crippen LogP contribution in [-0.2, 0) is 5.88 Å². The van der Waals surface area contributed by atoms with Gasteiger partial charge in [-0.05, 0) is 28.1 Å². The van der Waals surface area contributed by atoms with Gasteiger partial charge in [0.05, 0.1) is 27.3 Å². The molecule has 2 rings (SSSR count). The van der Waals surface area contributed by atoms with E-state index in [1.165, 1.54) is 0 Å². The van der Waals surface area contributed by atoms with Crippen molar-refractivity contribution in [3.8, 4) is 5.82 Å². The summed E-state index contributed by atoms with van der Waals surface area (Å²) in [7, 11) is 0. The molecule has 0 aromatic carbocycles. The Bertz CT molecular complexity index is 484. The molecule has 2 aromatic heterocycles. The topological polar surface area (TPSA) is 30.7 Å². The third-order valence-corrected chi connectivity index (χ3v) is 2.82. The molecular formula is C9H6BrCl2N3. The zero-order valence-electron chi connectivity index (χ0n) is 7.49. The van der Waals surface area contributed by atoms with Gasteiger partial charge in [-0.1, -0.05) is 11.6 Å². The average Bonchev–Trinajstić information content (AvgIpc) is 2.66. The van der Waals surface area contributed by atoms with E-state index in [4.69, 9.17) is 23.2 Å². The maximum atomic E-state index is 5.90. The fourth-order valence-electron chi connectivity index (χ4n) is 1.12. The van der Waals surface area contributed by atoms with Crippen LogP contribution in [0.2, 0.25) is 5.02 Å². The summed E-state index contributed by atoms with van der Waals surface area (Å²) in [6.07, 6.45) is 3.50. The lowest BCUT2D eigenvalue weighted by Gasteiger charge is -2.03. The Hall–Kier alpha value is -0.580. The Morgan fingerprint density at radius 2 is 2.20 bits per heavy atom. The second-order valence-corrected chi connectivity index (χ2v) is 4.42. The molecular weight excluding hydrogens is 301 g/mol. The van der Waals surface area contributed by atoms with Crippen LogP contribution in [0.25, 0.3) is 5.82 Å². The zero-order chi connectivity index (χ0) is 10.8. The Morgan fingerprint density at radius 3 is 2.80 bits per heavy atom. The van der Waals surface area contributed by atoms with Crippen LogP contribution < -0.4 is 0 Å². The third-order valence-electron chi connectivity index (χ3n) is 1.82.